The second kappa shape index (κ2) is 12.3. The molecule has 0 aliphatic carbocycles. The Balaban J connectivity index is 1.17. The van der Waals surface area contributed by atoms with Crippen molar-refractivity contribution in [2.45, 2.75) is 17.9 Å². The maximum atomic E-state index is 12.6. The molecule has 9 heteroatoms. The van der Waals surface area contributed by atoms with Gasteiger partial charge in [0.25, 0.3) is 17.0 Å². The van der Waals surface area contributed by atoms with Crippen LogP contribution in [0.5, 0.6) is 5.75 Å². The number of benzene rings is 4. The Hall–Kier alpha value is -4.89. The number of amides is 2. The minimum atomic E-state index is -0.368. The van der Waals surface area contributed by atoms with Crippen LogP contribution in [0.4, 0.5) is 5.69 Å². The average Bonchev–Trinajstić information content (AvgIpc) is 3.40. The number of fused-ring (bicyclic) bond motifs is 1. The van der Waals surface area contributed by atoms with Gasteiger partial charge in [0.05, 0.1) is 13.3 Å². The lowest BCUT2D eigenvalue weighted by atomic mass is 10.1. The molecule has 0 bridgehead atoms. The van der Waals surface area contributed by atoms with E-state index in [-0.39, 0.29) is 11.8 Å². The van der Waals surface area contributed by atoms with E-state index in [0.29, 0.717) is 27.8 Å². The summed E-state index contributed by atoms with van der Waals surface area (Å²) in [6.07, 6.45) is 1.57. The third-order valence-electron chi connectivity index (χ3n) is 6.03. The summed E-state index contributed by atoms with van der Waals surface area (Å²) in [6.45, 7) is 1.96. The molecule has 1 heterocycles. The fourth-order valence-corrected chi connectivity index (χ4v) is 4.70. The Bertz CT molecular complexity index is 1650. The standard InChI is InChI=1S/C31H26N4O4S/c1-20-7-10-22(11-8-20)29(36)33-25-14-12-23(13-15-25)30(37)35-32-18-21-9-16-27(38-2)24(17-21)19-40-31-34-26-5-3-4-6-28(26)39-31/h3-18H,19H2,1-2H3,(H,33,36)(H,35,37). The molecule has 0 unspecified atom stereocenters. The topological polar surface area (TPSA) is 106 Å². The second-order valence-corrected chi connectivity index (χ2v) is 9.83. The quantitative estimate of drug-likeness (QED) is 0.124. The van der Waals surface area contributed by atoms with Crippen LogP contribution in [-0.2, 0) is 5.75 Å². The average molecular weight is 551 g/mol. The Morgan fingerprint density at radius 3 is 2.42 bits per heavy atom. The molecule has 0 aliphatic rings. The van der Waals surface area contributed by atoms with Crippen LogP contribution in [0.3, 0.4) is 0 Å². The van der Waals surface area contributed by atoms with Crippen LogP contribution < -0.4 is 15.5 Å². The van der Waals surface area contributed by atoms with Crippen molar-refractivity contribution in [1.29, 1.82) is 0 Å². The molecule has 8 nitrogen and oxygen atoms in total. The molecule has 5 aromatic rings. The number of rotatable bonds is 9. The highest BCUT2D eigenvalue weighted by molar-refractivity contribution is 7.98. The summed E-state index contributed by atoms with van der Waals surface area (Å²) >= 11 is 1.47. The lowest BCUT2D eigenvalue weighted by Crippen LogP contribution is -2.18. The number of para-hydroxylation sites is 2. The number of carbonyl (C=O) groups excluding carboxylic acids is 2. The van der Waals surface area contributed by atoms with Gasteiger partial charge in [-0.1, -0.05) is 41.6 Å². The first-order valence-electron chi connectivity index (χ1n) is 12.5. The highest BCUT2D eigenvalue weighted by Gasteiger charge is 2.11. The molecule has 2 N–H and O–H groups in total. The fraction of sp³-hybridized carbons (Fsp3) is 0.0968. The molecule has 0 atom stereocenters. The molecule has 0 aliphatic heterocycles. The van der Waals surface area contributed by atoms with Gasteiger partial charge in [-0.05, 0) is 79.2 Å². The maximum Gasteiger partial charge on any atom is 0.271 e. The zero-order valence-electron chi connectivity index (χ0n) is 21.9. The molecular weight excluding hydrogens is 524 g/mol. The van der Waals surface area contributed by atoms with Crippen LogP contribution in [0.25, 0.3) is 11.1 Å². The van der Waals surface area contributed by atoms with Crippen LogP contribution in [-0.4, -0.2) is 30.1 Å². The van der Waals surface area contributed by atoms with Gasteiger partial charge in [0.15, 0.2) is 5.58 Å². The van der Waals surface area contributed by atoms with E-state index < -0.39 is 0 Å². The van der Waals surface area contributed by atoms with Crippen LogP contribution in [0, 0.1) is 6.92 Å². The summed E-state index contributed by atoms with van der Waals surface area (Å²) in [5, 5.41) is 7.51. The van der Waals surface area contributed by atoms with Gasteiger partial charge in [0.2, 0.25) is 0 Å². The summed E-state index contributed by atoms with van der Waals surface area (Å²) in [6, 6.07) is 27.2. The molecule has 0 saturated heterocycles. The largest absolute Gasteiger partial charge is 0.496 e. The zero-order chi connectivity index (χ0) is 27.9. The Labute approximate surface area is 235 Å². The Morgan fingerprint density at radius 2 is 1.68 bits per heavy atom. The fourth-order valence-electron chi connectivity index (χ4n) is 3.89. The van der Waals surface area contributed by atoms with Gasteiger partial charge in [-0.15, -0.1) is 0 Å². The molecular formula is C31H26N4O4S. The second-order valence-electron chi connectivity index (χ2n) is 8.90. The SMILES string of the molecule is COc1ccc(C=NNC(=O)c2ccc(NC(=O)c3ccc(C)cc3)cc2)cc1CSc1nc2ccccc2o1. The van der Waals surface area contributed by atoms with E-state index in [1.807, 2.05) is 61.5 Å². The first kappa shape index (κ1) is 26.7. The minimum absolute atomic E-state index is 0.215. The molecule has 0 saturated carbocycles. The number of thioether (sulfide) groups is 1. The van der Waals surface area contributed by atoms with Crippen molar-refractivity contribution in [3.63, 3.8) is 0 Å². The number of hydrogen-bond donors (Lipinski definition) is 2. The third kappa shape index (κ3) is 6.57. The van der Waals surface area contributed by atoms with E-state index in [0.717, 1.165) is 33.5 Å². The summed E-state index contributed by atoms with van der Waals surface area (Å²) in [5.41, 5.74) is 8.48. The number of nitrogens with zero attached hydrogens (tertiary/aromatic N) is 2. The van der Waals surface area contributed by atoms with E-state index >= 15 is 0 Å². The minimum Gasteiger partial charge on any atom is -0.496 e. The van der Waals surface area contributed by atoms with Crippen LogP contribution in [0.15, 0.2) is 106 Å². The van der Waals surface area contributed by atoms with E-state index in [1.165, 1.54) is 11.8 Å². The zero-order valence-corrected chi connectivity index (χ0v) is 22.7. The first-order chi connectivity index (χ1) is 19.5. The van der Waals surface area contributed by atoms with Crippen molar-refractivity contribution < 1.29 is 18.7 Å². The number of hydrazone groups is 1. The van der Waals surface area contributed by atoms with E-state index in [4.69, 9.17) is 9.15 Å². The van der Waals surface area contributed by atoms with Gasteiger partial charge in [-0.2, -0.15) is 5.10 Å². The molecule has 40 heavy (non-hydrogen) atoms. The van der Waals surface area contributed by atoms with E-state index in [1.54, 1.807) is 49.7 Å². The van der Waals surface area contributed by atoms with Gasteiger partial charge in [-0.3, -0.25) is 9.59 Å². The molecule has 2 amide bonds. The number of hydrogen-bond acceptors (Lipinski definition) is 7. The third-order valence-corrected chi connectivity index (χ3v) is 6.91. The molecule has 1 aromatic heterocycles. The van der Waals surface area contributed by atoms with Crippen molar-refractivity contribution in [2.75, 3.05) is 12.4 Å². The maximum absolute atomic E-state index is 12.6. The highest BCUT2D eigenvalue weighted by atomic mass is 32.2. The predicted octanol–water partition coefficient (Wildman–Crippen LogP) is 6.45. The number of methoxy groups -OCH3 is 1. The predicted molar refractivity (Wildman–Crippen MR) is 157 cm³/mol. The van der Waals surface area contributed by atoms with Crippen molar-refractivity contribution in [3.8, 4) is 5.75 Å². The number of anilines is 1. The van der Waals surface area contributed by atoms with Crippen molar-refractivity contribution in [3.05, 3.63) is 119 Å². The van der Waals surface area contributed by atoms with Crippen LogP contribution in [0.1, 0.15) is 37.4 Å². The number of carbonyl (C=O) groups is 2. The van der Waals surface area contributed by atoms with Crippen molar-refractivity contribution >= 4 is 46.6 Å². The lowest BCUT2D eigenvalue weighted by molar-refractivity contribution is 0.0954. The molecule has 4 aromatic carbocycles. The van der Waals surface area contributed by atoms with Gasteiger partial charge >= 0.3 is 0 Å². The number of oxazole rings is 1. The van der Waals surface area contributed by atoms with Gasteiger partial charge in [0, 0.05) is 28.1 Å². The Kier molecular flexibility index (Phi) is 8.22. The van der Waals surface area contributed by atoms with Crippen molar-refractivity contribution in [2.24, 2.45) is 5.10 Å². The molecule has 200 valence electrons. The van der Waals surface area contributed by atoms with Crippen LogP contribution >= 0.6 is 11.8 Å². The molecule has 0 fully saturated rings. The first-order valence-corrected chi connectivity index (χ1v) is 13.4. The molecule has 5 rings (SSSR count). The molecule has 0 radical (unpaired) electrons. The monoisotopic (exact) mass is 550 g/mol. The highest BCUT2D eigenvalue weighted by Crippen LogP contribution is 2.30. The summed E-state index contributed by atoms with van der Waals surface area (Å²) < 4.78 is 11.3. The van der Waals surface area contributed by atoms with Gasteiger partial charge < -0.3 is 14.5 Å². The van der Waals surface area contributed by atoms with E-state index in [9.17, 15) is 9.59 Å². The smallest absolute Gasteiger partial charge is 0.271 e. The lowest BCUT2D eigenvalue weighted by Gasteiger charge is -2.08. The van der Waals surface area contributed by atoms with Gasteiger partial charge in [0.1, 0.15) is 11.3 Å². The summed E-state index contributed by atoms with van der Waals surface area (Å²) in [4.78, 5) is 29.5. The number of ether oxygens (including phenoxy) is 1. The number of aryl methyl sites for hydroxylation is 1. The summed E-state index contributed by atoms with van der Waals surface area (Å²) in [5.74, 6) is 0.733. The Morgan fingerprint density at radius 1 is 0.950 bits per heavy atom. The normalized spacial score (nSPS) is 11.1. The summed E-state index contributed by atoms with van der Waals surface area (Å²) in [7, 11) is 1.62. The van der Waals surface area contributed by atoms with Gasteiger partial charge in [-0.25, -0.2) is 10.4 Å². The molecule has 0 spiro atoms. The van der Waals surface area contributed by atoms with Crippen molar-refractivity contribution in [1.82, 2.24) is 10.4 Å². The number of aromatic nitrogens is 1. The van der Waals surface area contributed by atoms with E-state index in [2.05, 4.69) is 20.8 Å². The van der Waals surface area contributed by atoms with Crippen LogP contribution in [0.2, 0.25) is 0 Å². The number of nitrogens with one attached hydrogen (secondary N) is 2.